The minimum absolute atomic E-state index is 0.247. The summed E-state index contributed by atoms with van der Waals surface area (Å²) in [6.45, 7) is 7.09. The first-order chi connectivity index (χ1) is 11.6. The van der Waals surface area contributed by atoms with E-state index in [0.29, 0.717) is 12.2 Å². The number of carbonyl (C=O) groups excluding carboxylic acids is 4. The van der Waals surface area contributed by atoms with Gasteiger partial charge in [-0.15, -0.1) is 11.8 Å². The van der Waals surface area contributed by atoms with E-state index in [1.54, 1.807) is 27.7 Å². The molecule has 0 aromatic heterocycles. The van der Waals surface area contributed by atoms with Crippen molar-refractivity contribution in [3.8, 4) is 0 Å². The summed E-state index contributed by atoms with van der Waals surface area (Å²) in [7, 11) is 0. The maximum atomic E-state index is 12.7. The van der Waals surface area contributed by atoms with E-state index in [0.717, 1.165) is 10.5 Å². The van der Waals surface area contributed by atoms with E-state index in [9.17, 15) is 19.2 Å². The third-order valence-corrected chi connectivity index (χ3v) is 5.73. The van der Waals surface area contributed by atoms with Gasteiger partial charge in [0.25, 0.3) is 5.91 Å². The van der Waals surface area contributed by atoms with Crippen LogP contribution in [-0.4, -0.2) is 56.3 Å². The van der Waals surface area contributed by atoms with Crippen molar-refractivity contribution < 1.29 is 23.9 Å². The SMILES string of the molecule is CC1=C(C(=O)OC(C)(C)C)N2C(=O)C(N3C(=O)CCCC3=O)[C@@H]2SC1. The Morgan fingerprint density at radius 3 is 2.28 bits per heavy atom. The summed E-state index contributed by atoms with van der Waals surface area (Å²) in [6, 6.07) is -0.809. The Hall–Kier alpha value is -1.83. The van der Waals surface area contributed by atoms with Crippen LogP contribution in [-0.2, 0) is 23.9 Å². The van der Waals surface area contributed by atoms with Crippen LogP contribution in [0, 0.1) is 0 Å². The fraction of sp³-hybridized carbons (Fsp3) is 0.647. The number of carbonyl (C=O) groups is 4. The van der Waals surface area contributed by atoms with Gasteiger partial charge in [0, 0.05) is 18.6 Å². The molecule has 3 amide bonds. The molecule has 25 heavy (non-hydrogen) atoms. The number of likely N-dealkylation sites (tertiary alicyclic amines) is 1. The van der Waals surface area contributed by atoms with Crippen molar-refractivity contribution >= 4 is 35.5 Å². The molecule has 3 aliphatic heterocycles. The number of hydrogen-bond donors (Lipinski definition) is 0. The first kappa shape index (κ1) is 18.0. The molecule has 0 saturated carbocycles. The average Bonchev–Trinajstić information content (AvgIpc) is 2.49. The maximum absolute atomic E-state index is 12.7. The normalized spacial score (nSPS) is 27.3. The van der Waals surface area contributed by atoms with E-state index >= 15 is 0 Å². The van der Waals surface area contributed by atoms with Gasteiger partial charge < -0.3 is 4.74 Å². The van der Waals surface area contributed by atoms with Gasteiger partial charge in [-0.25, -0.2) is 4.79 Å². The highest BCUT2D eigenvalue weighted by molar-refractivity contribution is 8.00. The Morgan fingerprint density at radius 2 is 1.72 bits per heavy atom. The number of fused-ring (bicyclic) bond motifs is 1. The number of imide groups is 1. The second-order valence-corrected chi connectivity index (χ2v) is 8.60. The number of thioether (sulfide) groups is 1. The zero-order valence-corrected chi connectivity index (χ0v) is 15.6. The molecule has 0 N–H and O–H groups in total. The molecule has 3 aliphatic rings. The van der Waals surface area contributed by atoms with Gasteiger partial charge in [-0.3, -0.25) is 24.2 Å². The molecule has 0 aromatic rings. The van der Waals surface area contributed by atoms with E-state index in [1.165, 1.54) is 16.7 Å². The minimum atomic E-state index is -0.809. The molecule has 1 unspecified atom stereocenters. The highest BCUT2D eigenvalue weighted by Gasteiger charge is 2.58. The van der Waals surface area contributed by atoms with E-state index in [1.807, 2.05) is 0 Å². The van der Waals surface area contributed by atoms with Crippen LogP contribution in [0.15, 0.2) is 11.3 Å². The van der Waals surface area contributed by atoms with E-state index in [2.05, 4.69) is 0 Å². The number of β-lactam (4-membered cyclic amide) rings is 1. The first-order valence-electron chi connectivity index (χ1n) is 8.34. The number of rotatable bonds is 2. The van der Waals surface area contributed by atoms with Gasteiger partial charge in [-0.05, 0) is 39.7 Å². The predicted octanol–water partition coefficient (Wildman–Crippen LogP) is 1.42. The highest BCUT2D eigenvalue weighted by Crippen LogP contribution is 2.43. The third kappa shape index (κ3) is 3.07. The summed E-state index contributed by atoms with van der Waals surface area (Å²) in [6.07, 6.45) is 1.08. The topological polar surface area (TPSA) is 84.0 Å². The largest absolute Gasteiger partial charge is 0.455 e. The zero-order chi connectivity index (χ0) is 18.5. The Bertz CT molecular complexity index is 678. The van der Waals surface area contributed by atoms with Crippen LogP contribution < -0.4 is 0 Å². The molecule has 3 rings (SSSR count). The van der Waals surface area contributed by atoms with E-state index in [-0.39, 0.29) is 36.3 Å². The van der Waals surface area contributed by atoms with Crippen LogP contribution in [0.5, 0.6) is 0 Å². The van der Waals surface area contributed by atoms with Crippen LogP contribution in [0.1, 0.15) is 47.0 Å². The second-order valence-electron chi connectivity index (χ2n) is 7.50. The van der Waals surface area contributed by atoms with Crippen LogP contribution in [0.3, 0.4) is 0 Å². The summed E-state index contributed by atoms with van der Waals surface area (Å²) in [5.74, 6) is -0.991. The number of hydrogen-bond acceptors (Lipinski definition) is 6. The van der Waals surface area contributed by atoms with Crippen molar-refractivity contribution in [3.05, 3.63) is 11.3 Å². The predicted molar refractivity (Wildman–Crippen MR) is 91.1 cm³/mol. The molecule has 0 aliphatic carbocycles. The van der Waals surface area contributed by atoms with Crippen LogP contribution in [0.25, 0.3) is 0 Å². The van der Waals surface area contributed by atoms with Gasteiger partial charge in [0.05, 0.1) is 0 Å². The lowest BCUT2D eigenvalue weighted by atomic mass is 9.98. The summed E-state index contributed by atoms with van der Waals surface area (Å²) < 4.78 is 5.42. The van der Waals surface area contributed by atoms with Crippen LogP contribution in [0.4, 0.5) is 0 Å². The van der Waals surface area contributed by atoms with E-state index in [4.69, 9.17) is 4.74 Å². The van der Waals surface area contributed by atoms with Crippen molar-refractivity contribution in [2.45, 2.75) is 64.0 Å². The molecule has 2 fully saturated rings. The van der Waals surface area contributed by atoms with Gasteiger partial charge >= 0.3 is 5.97 Å². The number of ether oxygens (including phenoxy) is 1. The lowest BCUT2D eigenvalue weighted by Gasteiger charge is -2.52. The molecular formula is C17H22N2O5S. The molecule has 0 spiro atoms. The lowest BCUT2D eigenvalue weighted by Crippen LogP contribution is -2.72. The Kier molecular flexibility index (Phi) is 4.43. The van der Waals surface area contributed by atoms with Crippen molar-refractivity contribution in [1.29, 1.82) is 0 Å². The number of esters is 1. The molecule has 8 heteroatoms. The standard InChI is InChI=1S/C17H22N2O5S/c1-9-8-25-15-13(18-10(20)6-5-7-11(18)21)14(22)19(15)12(9)16(23)24-17(2,3)4/h13,15H,5-8H2,1-4H3/t13?,15-/m0/s1. The molecule has 0 radical (unpaired) electrons. The first-order valence-corrected chi connectivity index (χ1v) is 9.39. The third-order valence-electron chi connectivity index (χ3n) is 4.32. The van der Waals surface area contributed by atoms with Gasteiger partial charge in [0.15, 0.2) is 0 Å². The van der Waals surface area contributed by atoms with Crippen molar-refractivity contribution in [1.82, 2.24) is 9.80 Å². The van der Waals surface area contributed by atoms with E-state index < -0.39 is 23.0 Å². The summed E-state index contributed by atoms with van der Waals surface area (Å²) >= 11 is 1.46. The van der Waals surface area contributed by atoms with Crippen LogP contribution >= 0.6 is 11.8 Å². The van der Waals surface area contributed by atoms with Gasteiger partial charge in [-0.2, -0.15) is 0 Å². The second kappa shape index (κ2) is 6.16. The van der Waals surface area contributed by atoms with Crippen molar-refractivity contribution in [2.75, 3.05) is 5.75 Å². The molecule has 3 heterocycles. The summed E-state index contributed by atoms with van der Waals surface area (Å²) in [5.41, 5.74) is 0.340. The monoisotopic (exact) mass is 366 g/mol. The quantitative estimate of drug-likeness (QED) is 0.418. The fourth-order valence-electron chi connectivity index (χ4n) is 3.25. The lowest BCUT2D eigenvalue weighted by molar-refractivity contribution is -0.169. The summed E-state index contributed by atoms with van der Waals surface area (Å²) in [4.78, 5) is 52.1. The Morgan fingerprint density at radius 1 is 1.12 bits per heavy atom. The molecule has 0 bridgehead atoms. The molecule has 7 nitrogen and oxygen atoms in total. The Balaban J connectivity index is 1.85. The molecule has 136 valence electrons. The molecule has 0 aromatic carbocycles. The number of piperidine rings is 1. The van der Waals surface area contributed by atoms with Gasteiger partial charge in [-0.1, -0.05) is 0 Å². The molecule has 2 atom stereocenters. The highest BCUT2D eigenvalue weighted by atomic mass is 32.2. The summed E-state index contributed by atoms with van der Waals surface area (Å²) in [5, 5.41) is -0.412. The number of amides is 3. The van der Waals surface area contributed by atoms with Crippen molar-refractivity contribution in [3.63, 3.8) is 0 Å². The van der Waals surface area contributed by atoms with Crippen molar-refractivity contribution in [2.24, 2.45) is 0 Å². The van der Waals surface area contributed by atoms with Gasteiger partial charge in [0.2, 0.25) is 11.8 Å². The molecule has 2 saturated heterocycles. The smallest absolute Gasteiger partial charge is 0.355 e. The zero-order valence-electron chi connectivity index (χ0n) is 14.8. The number of nitrogens with zero attached hydrogens (tertiary/aromatic N) is 2. The average molecular weight is 366 g/mol. The Labute approximate surface area is 150 Å². The maximum Gasteiger partial charge on any atom is 0.355 e. The molecular weight excluding hydrogens is 344 g/mol. The fourth-order valence-corrected chi connectivity index (χ4v) is 4.59. The van der Waals surface area contributed by atoms with Crippen LogP contribution in [0.2, 0.25) is 0 Å². The van der Waals surface area contributed by atoms with Gasteiger partial charge in [0.1, 0.15) is 22.7 Å². The minimum Gasteiger partial charge on any atom is -0.455 e.